The van der Waals surface area contributed by atoms with E-state index in [4.69, 9.17) is 0 Å². The maximum absolute atomic E-state index is 3.12. The van der Waals surface area contributed by atoms with Crippen LogP contribution in [-0.4, -0.2) is 12.6 Å². The average Bonchev–Trinajstić information content (AvgIpc) is 2.53. The van der Waals surface area contributed by atoms with Crippen molar-refractivity contribution in [3.8, 4) is 0 Å². The Labute approximate surface area is 74.0 Å². The smallest absolute Gasteiger partial charge is 0.0374 e. The van der Waals surface area contributed by atoms with Gasteiger partial charge in [-0.3, -0.25) is 0 Å². The summed E-state index contributed by atoms with van der Waals surface area (Å²) < 4.78 is 0. The molecule has 1 aliphatic heterocycles. The summed E-state index contributed by atoms with van der Waals surface area (Å²) in [5, 5.41) is 0. The van der Waals surface area contributed by atoms with Gasteiger partial charge in [0.2, 0.25) is 0 Å². The van der Waals surface area contributed by atoms with Crippen molar-refractivity contribution in [2.75, 3.05) is 11.4 Å². The molecule has 12 heavy (non-hydrogen) atoms. The molecular weight excluding hydrogens is 146 g/mol. The van der Waals surface area contributed by atoms with Gasteiger partial charge in [-0.05, 0) is 38.0 Å². The lowest BCUT2D eigenvalue weighted by molar-refractivity contribution is 0.735. The molecule has 0 aromatic heterocycles. The molecule has 1 radical (unpaired) electrons. The predicted molar refractivity (Wildman–Crippen MR) is 51.3 cm³/mol. The number of anilines is 1. The Morgan fingerprint density at radius 2 is 2.50 bits per heavy atom. The molecule has 0 spiro atoms. The molecule has 1 saturated heterocycles. The Bertz CT molecular complexity index is 242. The second-order valence-corrected chi connectivity index (χ2v) is 3.45. The van der Waals surface area contributed by atoms with E-state index in [1.165, 1.54) is 25.1 Å². The SMILES string of the molecule is C[C@H]1CCCN1c1c[c]ccc1. The first kappa shape index (κ1) is 7.66. The van der Waals surface area contributed by atoms with Gasteiger partial charge in [0.1, 0.15) is 0 Å². The lowest BCUT2D eigenvalue weighted by Crippen LogP contribution is -2.25. The van der Waals surface area contributed by atoms with Gasteiger partial charge in [0, 0.05) is 18.3 Å². The first-order chi connectivity index (χ1) is 5.88. The van der Waals surface area contributed by atoms with E-state index >= 15 is 0 Å². The summed E-state index contributed by atoms with van der Waals surface area (Å²) in [6.07, 6.45) is 2.66. The Morgan fingerprint density at radius 3 is 3.08 bits per heavy atom. The fraction of sp³-hybridized carbons (Fsp3) is 0.455. The van der Waals surface area contributed by atoms with E-state index in [0.717, 1.165) is 0 Å². The molecule has 1 heteroatoms. The van der Waals surface area contributed by atoms with Crippen LogP contribution in [0.1, 0.15) is 19.8 Å². The maximum atomic E-state index is 3.12. The molecule has 1 aromatic rings. The van der Waals surface area contributed by atoms with Gasteiger partial charge in [0.15, 0.2) is 0 Å². The maximum Gasteiger partial charge on any atom is 0.0374 e. The highest BCUT2D eigenvalue weighted by molar-refractivity contribution is 5.47. The molecule has 1 atom stereocenters. The van der Waals surface area contributed by atoms with Gasteiger partial charge in [0.25, 0.3) is 0 Å². The molecule has 0 N–H and O–H groups in total. The molecule has 2 rings (SSSR count). The van der Waals surface area contributed by atoms with Crippen molar-refractivity contribution in [2.45, 2.75) is 25.8 Å². The molecule has 1 aromatic carbocycles. The van der Waals surface area contributed by atoms with Crippen molar-refractivity contribution in [3.05, 3.63) is 30.3 Å². The van der Waals surface area contributed by atoms with Crippen LogP contribution >= 0.6 is 0 Å². The van der Waals surface area contributed by atoms with E-state index in [9.17, 15) is 0 Å². The van der Waals surface area contributed by atoms with E-state index in [0.29, 0.717) is 6.04 Å². The molecule has 1 aliphatic rings. The molecule has 1 heterocycles. The predicted octanol–water partition coefficient (Wildman–Crippen LogP) is 2.48. The fourth-order valence-corrected chi connectivity index (χ4v) is 1.88. The summed E-state index contributed by atoms with van der Waals surface area (Å²) in [5.74, 6) is 0. The van der Waals surface area contributed by atoms with Crippen molar-refractivity contribution < 1.29 is 0 Å². The first-order valence-electron chi connectivity index (χ1n) is 4.60. The van der Waals surface area contributed by atoms with Crippen molar-refractivity contribution in [3.63, 3.8) is 0 Å². The van der Waals surface area contributed by atoms with Gasteiger partial charge in [0.05, 0.1) is 0 Å². The molecule has 0 bridgehead atoms. The topological polar surface area (TPSA) is 3.24 Å². The number of hydrogen-bond donors (Lipinski definition) is 0. The van der Waals surface area contributed by atoms with Crippen LogP contribution in [0.25, 0.3) is 0 Å². The summed E-state index contributed by atoms with van der Waals surface area (Å²) >= 11 is 0. The van der Waals surface area contributed by atoms with Crippen LogP contribution in [0.5, 0.6) is 0 Å². The summed E-state index contributed by atoms with van der Waals surface area (Å²) in [4.78, 5) is 2.45. The molecule has 0 unspecified atom stereocenters. The Morgan fingerprint density at radius 1 is 1.58 bits per heavy atom. The minimum absolute atomic E-state index is 0.709. The minimum Gasteiger partial charge on any atom is -0.369 e. The summed E-state index contributed by atoms with van der Waals surface area (Å²) in [7, 11) is 0. The van der Waals surface area contributed by atoms with Gasteiger partial charge in [-0.15, -0.1) is 0 Å². The van der Waals surface area contributed by atoms with Crippen molar-refractivity contribution in [2.24, 2.45) is 0 Å². The average molecular weight is 160 g/mol. The first-order valence-corrected chi connectivity index (χ1v) is 4.60. The van der Waals surface area contributed by atoms with E-state index in [-0.39, 0.29) is 0 Å². The van der Waals surface area contributed by atoms with Crippen LogP contribution in [0.2, 0.25) is 0 Å². The molecule has 0 amide bonds. The zero-order chi connectivity index (χ0) is 8.39. The largest absolute Gasteiger partial charge is 0.369 e. The second kappa shape index (κ2) is 3.18. The van der Waals surface area contributed by atoms with Crippen LogP contribution in [0.15, 0.2) is 24.3 Å². The molecule has 1 nitrogen and oxygen atoms in total. The molecule has 0 aliphatic carbocycles. The van der Waals surface area contributed by atoms with Crippen LogP contribution in [0, 0.1) is 6.07 Å². The minimum atomic E-state index is 0.709. The standard InChI is InChI=1S/C11H14N/c1-10-6-5-9-12(10)11-7-3-2-4-8-11/h2-3,7-8,10H,5-6,9H2,1H3/t10-/m0/s1. The highest BCUT2D eigenvalue weighted by atomic mass is 15.2. The zero-order valence-electron chi connectivity index (χ0n) is 7.46. The van der Waals surface area contributed by atoms with E-state index in [2.05, 4.69) is 36.1 Å². The molecule has 1 fully saturated rings. The van der Waals surface area contributed by atoms with Crippen molar-refractivity contribution >= 4 is 5.69 Å². The van der Waals surface area contributed by atoms with Gasteiger partial charge in [-0.2, -0.15) is 0 Å². The Hall–Kier alpha value is -0.980. The normalized spacial score (nSPS) is 23.1. The molecular formula is C11H14N. The highest BCUT2D eigenvalue weighted by Gasteiger charge is 2.19. The quantitative estimate of drug-likeness (QED) is 0.610. The van der Waals surface area contributed by atoms with E-state index in [1.54, 1.807) is 0 Å². The van der Waals surface area contributed by atoms with Crippen LogP contribution in [0.3, 0.4) is 0 Å². The number of hydrogen-bond acceptors (Lipinski definition) is 1. The fourth-order valence-electron chi connectivity index (χ4n) is 1.88. The molecule has 63 valence electrons. The summed E-state index contributed by atoms with van der Waals surface area (Å²) in [5.41, 5.74) is 1.32. The third-order valence-corrected chi connectivity index (χ3v) is 2.58. The van der Waals surface area contributed by atoms with Gasteiger partial charge in [-0.25, -0.2) is 0 Å². The Balaban J connectivity index is 2.19. The number of benzene rings is 1. The number of rotatable bonds is 1. The van der Waals surface area contributed by atoms with Gasteiger partial charge < -0.3 is 4.90 Å². The van der Waals surface area contributed by atoms with Crippen molar-refractivity contribution in [1.82, 2.24) is 0 Å². The van der Waals surface area contributed by atoms with E-state index < -0.39 is 0 Å². The monoisotopic (exact) mass is 160 g/mol. The summed E-state index contributed by atoms with van der Waals surface area (Å²) in [6, 6.07) is 12.1. The molecule has 0 saturated carbocycles. The second-order valence-electron chi connectivity index (χ2n) is 3.45. The highest BCUT2D eigenvalue weighted by Crippen LogP contribution is 2.24. The van der Waals surface area contributed by atoms with Gasteiger partial charge >= 0.3 is 0 Å². The van der Waals surface area contributed by atoms with Crippen LogP contribution in [0.4, 0.5) is 5.69 Å². The summed E-state index contributed by atoms with van der Waals surface area (Å²) in [6.45, 7) is 3.50. The van der Waals surface area contributed by atoms with Gasteiger partial charge in [-0.1, -0.05) is 12.1 Å². The van der Waals surface area contributed by atoms with Crippen molar-refractivity contribution in [1.29, 1.82) is 0 Å². The zero-order valence-corrected chi connectivity index (χ0v) is 7.46. The third-order valence-electron chi connectivity index (χ3n) is 2.58. The lowest BCUT2D eigenvalue weighted by Gasteiger charge is -2.23. The lowest BCUT2D eigenvalue weighted by atomic mass is 10.2. The number of nitrogens with zero attached hydrogens (tertiary/aromatic N) is 1. The Kier molecular flexibility index (Phi) is 2.03. The third kappa shape index (κ3) is 1.31. The van der Waals surface area contributed by atoms with Crippen LogP contribution in [-0.2, 0) is 0 Å². The van der Waals surface area contributed by atoms with E-state index in [1.807, 2.05) is 6.07 Å². The van der Waals surface area contributed by atoms with Crippen LogP contribution < -0.4 is 4.90 Å².